The predicted octanol–water partition coefficient (Wildman–Crippen LogP) is 3.16. The zero-order valence-electron chi connectivity index (χ0n) is 7.80. The Labute approximate surface area is 80.7 Å². The molecule has 6 atom stereocenters. The highest BCUT2D eigenvalue weighted by atomic mass is 19.2. The Morgan fingerprint density at radius 3 is 1.29 bits per heavy atom. The minimum atomic E-state index is -2.26. The lowest BCUT2D eigenvalue weighted by molar-refractivity contribution is -0.0916. The first-order chi connectivity index (χ1) is 6.63. The van der Waals surface area contributed by atoms with Crippen LogP contribution in [0.1, 0.15) is 25.7 Å². The number of fused-ring (bicyclic) bond motifs is 1. The van der Waals surface area contributed by atoms with Gasteiger partial charge in [0.05, 0.1) is 0 Å². The van der Waals surface area contributed by atoms with Crippen LogP contribution in [0.4, 0.5) is 17.6 Å². The van der Waals surface area contributed by atoms with Crippen molar-refractivity contribution >= 4 is 0 Å². The molecule has 82 valence electrons. The smallest absolute Gasteiger partial charge is 0.165 e. The van der Waals surface area contributed by atoms with Crippen molar-refractivity contribution in [2.75, 3.05) is 0 Å². The van der Waals surface area contributed by atoms with E-state index in [0.717, 1.165) is 12.8 Å². The molecule has 2 fully saturated rings. The number of alkyl halides is 4. The second kappa shape index (κ2) is 3.70. The van der Waals surface area contributed by atoms with Gasteiger partial charge in [-0.2, -0.15) is 0 Å². The van der Waals surface area contributed by atoms with Crippen molar-refractivity contribution in [2.45, 2.75) is 50.4 Å². The van der Waals surface area contributed by atoms with Crippen LogP contribution in [0.3, 0.4) is 0 Å². The van der Waals surface area contributed by atoms with Gasteiger partial charge in [0.2, 0.25) is 0 Å². The van der Waals surface area contributed by atoms with Crippen LogP contribution in [0.5, 0.6) is 0 Å². The molecule has 0 saturated heterocycles. The van der Waals surface area contributed by atoms with Crippen molar-refractivity contribution in [3.05, 3.63) is 0 Å². The highest BCUT2D eigenvalue weighted by molar-refractivity contribution is 5.00. The van der Waals surface area contributed by atoms with Crippen LogP contribution in [0, 0.1) is 11.8 Å². The third-order valence-corrected chi connectivity index (χ3v) is 3.61. The van der Waals surface area contributed by atoms with E-state index in [9.17, 15) is 17.6 Å². The van der Waals surface area contributed by atoms with Gasteiger partial charge in [-0.1, -0.05) is 12.8 Å². The molecule has 0 aliphatic heterocycles. The van der Waals surface area contributed by atoms with Gasteiger partial charge in [-0.05, 0) is 24.7 Å². The second-order valence-electron chi connectivity index (χ2n) is 4.39. The van der Waals surface area contributed by atoms with Crippen LogP contribution in [0.25, 0.3) is 0 Å². The summed E-state index contributed by atoms with van der Waals surface area (Å²) in [5.74, 6) is -1.19. The average molecular weight is 210 g/mol. The topological polar surface area (TPSA) is 0 Å². The molecule has 0 heterocycles. The Hall–Kier alpha value is -0.280. The lowest BCUT2D eigenvalue weighted by Gasteiger charge is -2.42. The summed E-state index contributed by atoms with van der Waals surface area (Å²) in [5, 5.41) is 0. The lowest BCUT2D eigenvalue weighted by atomic mass is 9.68. The third-order valence-electron chi connectivity index (χ3n) is 3.61. The molecule has 0 aromatic carbocycles. The van der Waals surface area contributed by atoms with Crippen molar-refractivity contribution in [3.8, 4) is 0 Å². The lowest BCUT2D eigenvalue weighted by Crippen LogP contribution is -2.52. The molecule has 4 heteroatoms. The van der Waals surface area contributed by atoms with Crippen molar-refractivity contribution in [1.29, 1.82) is 0 Å². The predicted molar refractivity (Wildman–Crippen MR) is 45.0 cm³/mol. The molecule has 6 unspecified atom stereocenters. The van der Waals surface area contributed by atoms with E-state index in [2.05, 4.69) is 0 Å². The van der Waals surface area contributed by atoms with Gasteiger partial charge in [-0.15, -0.1) is 0 Å². The number of hydrogen-bond donors (Lipinski definition) is 0. The molecular formula is C10H14F4. The van der Waals surface area contributed by atoms with Crippen LogP contribution >= 0.6 is 0 Å². The minimum absolute atomic E-state index is 0.499. The number of rotatable bonds is 0. The molecule has 0 spiro atoms. The van der Waals surface area contributed by atoms with E-state index in [0.29, 0.717) is 12.8 Å². The molecule has 14 heavy (non-hydrogen) atoms. The molecule has 2 rings (SSSR count). The van der Waals surface area contributed by atoms with Gasteiger partial charge in [-0.25, -0.2) is 17.6 Å². The van der Waals surface area contributed by atoms with Gasteiger partial charge in [0.15, 0.2) is 12.3 Å². The maximum absolute atomic E-state index is 13.4. The fourth-order valence-corrected chi connectivity index (χ4v) is 2.80. The van der Waals surface area contributed by atoms with Crippen molar-refractivity contribution in [2.24, 2.45) is 11.8 Å². The van der Waals surface area contributed by atoms with E-state index >= 15 is 0 Å². The first-order valence-electron chi connectivity index (χ1n) is 5.19. The molecule has 2 aliphatic rings. The summed E-state index contributed by atoms with van der Waals surface area (Å²) in [6, 6.07) is 0. The second-order valence-corrected chi connectivity index (χ2v) is 4.39. The van der Waals surface area contributed by atoms with Crippen LogP contribution in [-0.4, -0.2) is 24.7 Å². The van der Waals surface area contributed by atoms with E-state index in [4.69, 9.17) is 0 Å². The largest absolute Gasteiger partial charge is 0.244 e. The maximum Gasteiger partial charge on any atom is 0.165 e. The fraction of sp³-hybridized carbons (Fsp3) is 1.00. The molecule has 0 radical (unpaired) electrons. The van der Waals surface area contributed by atoms with Gasteiger partial charge >= 0.3 is 0 Å². The van der Waals surface area contributed by atoms with E-state index in [1.165, 1.54) is 0 Å². The summed E-state index contributed by atoms with van der Waals surface area (Å²) in [7, 11) is 0. The van der Waals surface area contributed by atoms with Gasteiger partial charge in [0.25, 0.3) is 0 Å². The summed E-state index contributed by atoms with van der Waals surface area (Å²) in [5.41, 5.74) is 0. The standard InChI is InChI=1S/C10H14F4/c11-7-5-3-1-2-4-6(5)8(12)10(14)9(7)13/h5-10H,1-4H2. The Morgan fingerprint density at radius 2 is 0.929 bits per heavy atom. The van der Waals surface area contributed by atoms with Crippen LogP contribution in [-0.2, 0) is 0 Å². The molecule has 0 amide bonds. The Bertz CT molecular complexity index is 186. The highest BCUT2D eigenvalue weighted by Gasteiger charge is 2.52. The van der Waals surface area contributed by atoms with Gasteiger partial charge in [-0.3, -0.25) is 0 Å². The maximum atomic E-state index is 13.4. The first-order valence-corrected chi connectivity index (χ1v) is 5.19. The minimum Gasteiger partial charge on any atom is -0.244 e. The van der Waals surface area contributed by atoms with Crippen molar-refractivity contribution in [1.82, 2.24) is 0 Å². The highest BCUT2D eigenvalue weighted by Crippen LogP contribution is 2.45. The molecule has 2 aliphatic carbocycles. The SMILES string of the molecule is FC1C(F)C(F)C2CCCCC2C1F. The van der Waals surface area contributed by atoms with Crippen molar-refractivity contribution < 1.29 is 17.6 Å². The van der Waals surface area contributed by atoms with E-state index < -0.39 is 36.5 Å². The Kier molecular flexibility index (Phi) is 2.71. The average Bonchev–Trinajstić information content (AvgIpc) is 2.23. The molecule has 0 nitrogen and oxygen atoms in total. The van der Waals surface area contributed by atoms with Gasteiger partial charge in [0.1, 0.15) is 12.3 Å². The van der Waals surface area contributed by atoms with Crippen molar-refractivity contribution in [3.63, 3.8) is 0 Å². The zero-order valence-corrected chi connectivity index (χ0v) is 7.80. The summed E-state index contributed by atoms with van der Waals surface area (Å²) in [6.07, 6.45) is -5.52. The summed E-state index contributed by atoms with van der Waals surface area (Å²) in [4.78, 5) is 0. The Balaban J connectivity index is 2.16. The number of halogens is 4. The van der Waals surface area contributed by atoms with E-state index in [1.54, 1.807) is 0 Å². The summed E-state index contributed by atoms with van der Waals surface area (Å²) >= 11 is 0. The summed E-state index contributed by atoms with van der Waals surface area (Å²) in [6.45, 7) is 0. The third kappa shape index (κ3) is 1.43. The first kappa shape index (κ1) is 10.2. The molecule has 0 N–H and O–H groups in total. The molecule has 0 aromatic rings. The summed E-state index contributed by atoms with van der Waals surface area (Å²) < 4.78 is 52.7. The molecule has 0 aromatic heterocycles. The van der Waals surface area contributed by atoms with Gasteiger partial charge in [0, 0.05) is 0 Å². The normalized spacial score (nSPS) is 54.0. The van der Waals surface area contributed by atoms with E-state index in [-0.39, 0.29) is 0 Å². The quantitative estimate of drug-likeness (QED) is 0.539. The van der Waals surface area contributed by atoms with Crippen LogP contribution in [0.2, 0.25) is 0 Å². The monoisotopic (exact) mass is 210 g/mol. The molecule has 2 saturated carbocycles. The molecule has 0 bridgehead atoms. The zero-order chi connectivity index (χ0) is 10.3. The number of hydrogen-bond acceptors (Lipinski definition) is 0. The molecular weight excluding hydrogens is 196 g/mol. The van der Waals surface area contributed by atoms with E-state index in [1.807, 2.05) is 0 Å². The Morgan fingerprint density at radius 1 is 0.571 bits per heavy atom. The van der Waals surface area contributed by atoms with Crippen LogP contribution in [0.15, 0.2) is 0 Å². The fourth-order valence-electron chi connectivity index (χ4n) is 2.80. The van der Waals surface area contributed by atoms with Gasteiger partial charge < -0.3 is 0 Å². The van der Waals surface area contributed by atoms with Crippen LogP contribution < -0.4 is 0 Å².